The quantitative estimate of drug-likeness (QED) is 0.160. The Balaban J connectivity index is 1.76. The number of hydrogen-bond donors (Lipinski definition) is 1. The molecular weight excluding hydrogens is 540 g/mol. The van der Waals surface area contributed by atoms with Gasteiger partial charge < -0.3 is 33.7 Å². The lowest BCUT2D eigenvalue weighted by Crippen LogP contribution is -2.39. The van der Waals surface area contributed by atoms with Gasteiger partial charge in [0.2, 0.25) is 5.75 Å². The molecule has 2 saturated heterocycles. The van der Waals surface area contributed by atoms with Gasteiger partial charge in [-0.15, -0.1) is 0 Å². The largest absolute Gasteiger partial charge is 0.507 e. The highest BCUT2D eigenvalue weighted by Gasteiger charge is 2.46. The van der Waals surface area contributed by atoms with Crippen molar-refractivity contribution in [2.75, 3.05) is 67.3 Å². The number of ketones is 1. The molecule has 4 rings (SSSR count). The molecule has 2 aliphatic rings. The van der Waals surface area contributed by atoms with E-state index in [0.29, 0.717) is 66.9 Å². The number of Topliss-reactive ketones (excluding diaryl/α,β-unsaturated/α-hetero) is 1. The number of ether oxygens (including phenoxy) is 5. The summed E-state index contributed by atoms with van der Waals surface area (Å²) >= 11 is 0. The van der Waals surface area contributed by atoms with E-state index in [0.717, 1.165) is 38.0 Å². The van der Waals surface area contributed by atoms with Crippen LogP contribution in [0.5, 0.6) is 23.0 Å². The number of aryl methyl sites for hydroxylation is 1. The molecule has 0 aliphatic carbocycles. The number of aliphatic hydroxyl groups excluding tert-OH is 1. The maximum Gasteiger partial charge on any atom is 0.295 e. The molecule has 42 heavy (non-hydrogen) atoms. The van der Waals surface area contributed by atoms with Gasteiger partial charge in [0.15, 0.2) is 11.5 Å². The average Bonchev–Trinajstić information content (AvgIpc) is 3.26. The first kappa shape index (κ1) is 31.2. The summed E-state index contributed by atoms with van der Waals surface area (Å²) < 4.78 is 28.0. The number of methoxy groups -OCH3 is 3. The van der Waals surface area contributed by atoms with E-state index in [2.05, 4.69) is 11.8 Å². The zero-order valence-electron chi connectivity index (χ0n) is 25.2. The van der Waals surface area contributed by atoms with Crippen molar-refractivity contribution in [1.29, 1.82) is 0 Å². The minimum atomic E-state index is -0.857. The summed E-state index contributed by atoms with van der Waals surface area (Å²) in [5.41, 5.74) is 1.82. The van der Waals surface area contributed by atoms with E-state index >= 15 is 0 Å². The molecule has 2 fully saturated rings. The monoisotopic (exact) mass is 582 g/mol. The molecule has 0 radical (unpaired) electrons. The number of benzene rings is 2. The van der Waals surface area contributed by atoms with E-state index in [1.165, 1.54) is 26.2 Å². The molecule has 0 aromatic heterocycles. The van der Waals surface area contributed by atoms with Crippen LogP contribution in [0, 0.1) is 6.92 Å². The van der Waals surface area contributed by atoms with Gasteiger partial charge in [-0.1, -0.05) is 13.3 Å². The zero-order valence-corrected chi connectivity index (χ0v) is 25.2. The summed E-state index contributed by atoms with van der Waals surface area (Å²) in [5.74, 6) is 0.232. The number of aliphatic hydroxyl groups is 1. The Morgan fingerprint density at radius 2 is 1.64 bits per heavy atom. The van der Waals surface area contributed by atoms with Gasteiger partial charge in [0, 0.05) is 31.7 Å². The Bertz CT molecular complexity index is 1280. The van der Waals surface area contributed by atoms with E-state index in [1.807, 2.05) is 6.92 Å². The van der Waals surface area contributed by atoms with E-state index < -0.39 is 17.7 Å². The molecule has 228 valence electrons. The normalized spacial score (nSPS) is 18.8. The first-order valence-electron chi connectivity index (χ1n) is 14.5. The van der Waals surface area contributed by atoms with E-state index in [-0.39, 0.29) is 11.3 Å². The molecule has 2 aliphatic heterocycles. The average molecular weight is 583 g/mol. The predicted octanol–water partition coefficient (Wildman–Crippen LogP) is 4.34. The fraction of sp³-hybridized carbons (Fsp3) is 0.500. The molecule has 10 heteroatoms. The first-order valence-corrected chi connectivity index (χ1v) is 14.5. The number of likely N-dealkylation sites (tertiary alicyclic amines) is 1. The minimum Gasteiger partial charge on any atom is -0.507 e. The molecule has 1 atom stereocenters. The van der Waals surface area contributed by atoms with Gasteiger partial charge in [-0.2, -0.15) is 0 Å². The number of amides is 1. The Kier molecular flexibility index (Phi) is 10.7. The molecule has 10 nitrogen and oxygen atoms in total. The standard InChI is InChI=1S/C32H42N2O8/c1-6-7-15-42-24-10-9-22(18-21(24)2)29(35)27-28(23-19-25(38-3)31(40-5)26(20-23)39-4)34(32(37)30(27)36)12-8-11-33-13-16-41-17-14-33/h9-10,18-20,28,35H,6-8,11-17H2,1-5H3/b29-27+/t28-/m0/s1. The van der Waals surface area contributed by atoms with Crippen molar-refractivity contribution in [3.05, 3.63) is 52.6 Å². The molecule has 1 amide bonds. The number of rotatable bonds is 13. The maximum atomic E-state index is 13.6. The fourth-order valence-corrected chi connectivity index (χ4v) is 5.45. The number of morpholine rings is 1. The number of unbranched alkanes of at least 4 members (excludes halogenated alkanes) is 1. The summed E-state index contributed by atoms with van der Waals surface area (Å²) in [6.45, 7) is 8.67. The van der Waals surface area contributed by atoms with Crippen molar-refractivity contribution in [1.82, 2.24) is 9.80 Å². The van der Waals surface area contributed by atoms with Crippen LogP contribution in [0.25, 0.3) is 5.76 Å². The lowest BCUT2D eigenvalue weighted by Gasteiger charge is -2.29. The van der Waals surface area contributed by atoms with Crippen molar-refractivity contribution < 1.29 is 38.4 Å². The third-order valence-corrected chi connectivity index (χ3v) is 7.72. The van der Waals surface area contributed by atoms with E-state index in [1.54, 1.807) is 30.3 Å². The van der Waals surface area contributed by atoms with Crippen LogP contribution in [-0.2, 0) is 14.3 Å². The van der Waals surface area contributed by atoms with Gasteiger partial charge in [-0.05, 0) is 61.2 Å². The second-order valence-corrected chi connectivity index (χ2v) is 10.4. The van der Waals surface area contributed by atoms with E-state index in [4.69, 9.17) is 23.7 Å². The summed E-state index contributed by atoms with van der Waals surface area (Å²) in [6, 6.07) is 7.85. The SMILES string of the molecule is CCCCOc1ccc(/C(O)=C2\C(=O)C(=O)N(CCCN3CCOCC3)[C@H]2c2cc(OC)c(OC)c(OC)c2)cc1C. The molecule has 2 aromatic rings. The van der Waals surface area contributed by atoms with Crippen LogP contribution in [0.2, 0.25) is 0 Å². The minimum absolute atomic E-state index is 0.0136. The Morgan fingerprint density at radius 1 is 0.952 bits per heavy atom. The fourth-order valence-electron chi connectivity index (χ4n) is 5.45. The number of carbonyl (C=O) groups is 2. The third-order valence-electron chi connectivity index (χ3n) is 7.72. The lowest BCUT2D eigenvalue weighted by molar-refractivity contribution is -0.140. The highest BCUT2D eigenvalue weighted by molar-refractivity contribution is 6.46. The third kappa shape index (κ3) is 6.65. The summed E-state index contributed by atoms with van der Waals surface area (Å²) in [7, 11) is 4.52. The molecule has 2 aromatic carbocycles. The molecular formula is C32H42N2O8. The van der Waals surface area contributed by atoms with Crippen molar-refractivity contribution in [3.8, 4) is 23.0 Å². The maximum absolute atomic E-state index is 13.6. The van der Waals surface area contributed by atoms with Crippen molar-refractivity contribution in [3.63, 3.8) is 0 Å². The van der Waals surface area contributed by atoms with Crippen LogP contribution in [-0.4, -0.2) is 93.9 Å². The van der Waals surface area contributed by atoms with Crippen molar-refractivity contribution in [2.45, 2.75) is 39.2 Å². The lowest BCUT2D eigenvalue weighted by atomic mass is 9.94. The predicted molar refractivity (Wildman–Crippen MR) is 159 cm³/mol. The Labute approximate surface area is 247 Å². The topological polar surface area (TPSA) is 107 Å². The smallest absolute Gasteiger partial charge is 0.295 e. The Morgan fingerprint density at radius 3 is 2.24 bits per heavy atom. The van der Waals surface area contributed by atoms with E-state index in [9.17, 15) is 14.7 Å². The number of hydrogen-bond acceptors (Lipinski definition) is 9. The van der Waals surface area contributed by atoms with Crippen LogP contribution in [0.1, 0.15) is 48.9 Å². The van der Waals surface area contributed by atoms with Crippen LogP contribution < -0.4 is 18.9 Å². The van der Waals surface area contributed by atoms with Gasteiger partial charge in [0.05, 0.1) is 52.8 Å². The Hall–Kier alpha value is -3.76. The van der Waals surface area contributed by atoms with Gasteiger partial charge in [-0.25, -0.2) is 0 Å². The summed E-state index contributed by atoms with van der Waals surface area (Å²) in [5, 5.41) is 11.6. The van der Waals surface area contributed by atoms with Crippen LogP contribution in [0.15, 0.2) is 35.9 Å². The van der Waals surface area contributed by atoms with Gasteiger partial charge >= 0.3 is 0 Å². The van der Waals surface area contributed by atoms with Crippen LogP contribution in [0.3, 0.4) is 0 Å². The highest BCUT2D eigenvalue weighted by Crippen LogP contribution is 2.46. The highest BCUT2D eigenvalue weighted by atomic mass is 16.5. The molecule has 0 spiro atoms. The molecule has 2 heterocycles. The first-order chi connectivity index (χ1) is 20.3. The number of carbonyl (C=O) groups excluding carboxylic acids is 2. The summed E-state index contributed by atoms with van der Waals surface area (Å²) in [4.78, 5) is 30.9. The molecule has 0 bridgehead atoms. The second kappa shape index (κ2) is 14.4. The number of nitrogens with zero attached hydrogens (tertiary/aromatic N) is 2. The zero-order chi connectivity index (χ0) is 30.2. The van der Waals surface area contributed by atoms with Gasteiger partial charge in [0.25, 0.3) is 11.7 Å². The van der Waals surface area contributed by atoms with Crippen LogP contribution >= 0.6 is 0 Å². The molecule has 0 saturated carbocycles. The van der Waals surface area contributed by atoms with Gasteiger partial charge in [-0.3, -0.25) is 14.5 Å². The van der Waals surface area contributed by atoms with Gasteiger partial charge in [0.1, 0.15) is 11.5 Å². The molecule has 1 N–H and O–H groups in total. The summed E-state index contributed by atoms with van der Waals surface area (Å²) in [6.07, 6.45) is 2.60. The molecule has 0 unspecified atom stereocenters. The van der Waals surface area contributed by atoms with Crippen molar-refractivity contribution in [2.24, 2.45) is 0 Å². The van der Waals surface area contributed by atoms with Crippen molar-refractivity contribution >= 4 is 17.4 Å². The van der Waals surface area contributed by atoms with Crippen LogP contribution in [0.4, 0.5) is 0 Å². The second-order valence-electron chi connectivity index (χ2n) is 10.4.